The van der Waals surface area contributed by atoms with Gasteiger partial charge in [0, 0.05) is 38.5 Å². The lowest BCUT2D eigenvalue weighted by molar-refractivity contribution is -0.117. The molecule has 0 radical (unpaired) electrons. The molecule has 146 valence electrons. The first-order valence-corrected chi connectivity index (χ1v) is 10.0. The van der Waals surface area contributed by atoms with Crippen LogP contribution in [0, 0.1) is 22.2 Å². The van der Waals surface area contributed by atoms with E-state index in [0.717, 1.165) is 45.3 Å². The van der Waals surface area contributed by atoms with E-state index in [2.05, 4.69) is 44.0 Å². The van der Waals surface area contributed by atoms with Gasteiger partial charge in [-0.05, 0) is 42.9 Å². The number of likely N-dealkylation sites (tertiary alicyclic amines) is 1. The average molecular weight is 362 g/mol. The van der Waals surface area contributed by atoms with Gasteiger partial charge in [0.2, 0.25) is 0 Å². The topological polar surface area (TPSA) is 65.4 Å². The molecule has 1 amide bonds. The normalized spacial score (nSPS) is 27.3. The summed E-state index contributed by atoms with van der Waals surface area (Å²) in [4.78, 5) is 14.6. The van der Waals surface area contributed by atoms with E-state index in [4.69, 9.17) is 4.74 Å². The van der Waals surface area contributed by atoms with Crippen molar-refractivity contribution < 1.29 is 9.53 Å². The van der Waals surface area contributed by atoms with Gasteiger partial charge in [0.25, 0.3) is 5.91 Å². The summed E-state index contributed by atoms with van der Waals surface area (Å²) >= 11 is 0. The minimum Gasteiger partial charge on any atom is -0.381 e. The number of nitrogens with one attached hydrogen (secondary N) is 1. The van der Waals surface area contributed by atoms with Crippen LogP contribution < -0.4 is 5.32 Å². The highest BCUT2D eigenvalue weighted by Gasteiger charge is 2.48. The number of nitriles is 1. The number of hydrogen-bond acceptors (Lipinski definition) is 4. The Hall–Kier alpha value is -1.54. The third kappa shape index (κ3) is 5.74. The zero-order chi connectivity index (χ0) is 19.2. The van der Waals surface area contributed by atoms with Crippen molar-refractivity contribution in [3.05, 3.63) is 11.8 Å². The molecular weight excluding hydrogens is 326 g/mol. The van der Waals surface area contributed by atoms with E-state index < -0.39 is 0 Å². The molecule has 1 N–H and O–H groups in total. The van der Waals surface area contributed by atoms with Crippen LogP contribution in [-0.4, -0.2) is 43.2 Å². The Morgan fingerprint density at radius 2 is 2.04 bits per heavy atom. The monoisotopic (exact) mass is 361 g/mol. The highest BCUT2D eigenvalue weighted by atomic mass is 16.5. The van der Waals surface area contributed by atoms with Crippen molar-refractivity contribution in [2.75, 3.05) is 26.3 Å². The molecule has 0 aromatic carbocycles. The summed E-state index contributed by atoms with van der Waals surface area (Å²) in [6.45, 7) is 12.0. The third-order valence-electron chi connectivity index (χ3n) is 5.51. The maximum atomic E-state index is 12.3. The van der Waals surface area contributed by atoms with Gasteiger partial charge in [0.15, 0.2) is 0 Å². The van der Waals surface area contributed by atoms with Crippen molar-refractivity contribution in [1.82, 2.24) is 10.2 Å². The summed E-state index contributed by atoms with van der Waals surface area (Å²) in [6, 6.07) is 2.52. The van der Waals surface area contributed by atoms with Crippen LogP contribution in [0.1, 0.15) is 66.2 Å². The zero-order valence-electron chi connectivity index (χ0n) is 16.9. The Balaban J connectivity index is 1.84. The molecule has 1 aliphatic heterocycles. The molecule has 1 saturated carbocycles. The Kier molecular flexibility index (Phi) is 7.11. The molecule has 0 aromatic heterocycles. The third-order valence-corrected chi connectivity index (χ3v) is 5.51. The number of rotatable bonds is 9. The number of hydrogen-bond donors (Lipinski definition) is 1. The lowest BCUT2D eigenvalue weighted by Gasteiger charge is -2.39. The predicted octanol–water partition coefficient (Wildman–Crippen LogP) is 3.62. The van der Waals surface area contributed by atoms with E-state index in [1.54, 1.807) is 6.20 Å². The molecule has 1 aliphatic carbocycles. The number of carbonyl (C=O) groups excluding carboxylic acids is 1. The summed E-state index contributed by atoms with van der Waals surface area (Å²) in [6.07, 6.45) is 8.24. The van der Waals surface area contributed by atoms with Gasteiger partial charge in [-0.3, -0.25) is 4.79 Å². The number of amides is 1. The summed E-state index contributed by atoms with van der Waals surface area (Å²) < 4.78 is 5.49. The van der Waals surface area contributed by atoms with Gasteiger partial charge in [0.05, 0.1) is 0 Å². The second-order valence-electron chi connectivity index (χ2n) is 9.12. The van der Waals surface area contributed by atoms with E-state index in [0.29, 0.717) is 24.6 Å². The Bertz CT molecular complexity index is 564. The largest absolute Gasteiger partial charge is 0.381 e. The lowest BCUT2D eigenvalue weighted by Crippen LogP contribution is -2.34. The molecule has 2 fully saturated rings. The summed E-state index contributed by atoms with van der Waals surface area (Å²) in [5.74, 6) is -0.271. The van der Waals surface area contributed by atoms with Crippen LogP contribution in [0.4, 0.5) is 0 Å². The molecule has 2 rings (SSSR count). The van der Waals surface area contributed by atoms with Gasteiger partial charge in [-0.1, -0.05) is 34.1 Å². The number of unbranched alkanes of at least 4 members (excludes halogenated alkanes) is 1. The maximum Gasteiger partial charge on any atom is 0.263 e. The van der Waals surface area contributed by atoms with Crippen LogP contribution >= 0.6 is 0 Å². The van der Waals surface area contributed by atoms with Gasteiger partial charge in [-0.2, -0.15) is 5.26 Å². The summed E-state index contributed by atoms with van der Waals surface area (Å²) in [5.41, 5.74) is 0.828. The maximum absolute atomic E-state index is 12.3. The zero-order valence-corrected chi connectivity index (χ0v) is 16.9. The number of fused-ring (bicyclic) bond motifs is 2. The van der Waals surface area contributed by atoms with Crippen molar-refractivity contribution in [2.45, 2.75) is 72.3 Å². The van der Waals surface area contributed by atoms with Crippen LogP contribution in [-0.2, 0) is 9.53 Å². The second-order valence-corrected chi connectivity index (χ2v) is 9.12. The van der Waals surface area contributed by atoms with E-state index in [1.165, 1.54) is 6.42 Å². The molecule has 2 atom stereocenters. The number of ether oxygens (including phenoxy) is 1. The lowest BCUT2D eigenvalue weighted by atomic mass is 9.65. The second kappa shape index (κ2) is 8.90. The molecule has 1 heterocycles. The van der Waals surface area contributed by atoms with Crippen molar-refractivity contribution in [1.29, 1.82) is 5.26 Å². The van der Waals surface area contributed by atoms with E-state index in [1.807, 2.05) is 0 Å². The fourth-order valence-corrected chi connectivity index (χ4v) is 4.78. The highest BCUT2D eigenvalue weighted by Crippen LogP contribution is 2.52. The minimum atomic E-state index is -0.271. The molecule has 0 spiro atoms. The van der Waals surface area contributed by atoms with Gasteiger partial charge >= 0.3 is 0 Å². The predicted molar refractivity (Wildman–Crippen MR) is 103 cm³/mol. The fraction of sp³-hybridized carbons (Fsp3) is 0.810. The molecular formula is C21H35N3O2. The molecule has 2 bridgehead atoms. The first kappa shape index (κ1) is 20.8. The highest BCUT2D eigenvalue weighted by molar-refractivity contribution is 5.97. The molecule has 2 unspecified atom stereocenters. The molecule has 2 aliphatic rings. The van der Waals surface area contributed by atoms with E-state index in [9.17, 15) is 10.1 Å². The Morgan fingerprint density at radius 3 is 2.73 bits per heavy atom. The number of carbonyl (C=O) groups is 1. The van der Waals surface area contributed by atoms with Gasteiger partial charge in [0.1, 0.15) is 11.6 Å². The minimum absolute atomic E-state index is 0.214. The van der Waals surface area contributed by atoms with Crippen LogP contribution in [0.5, 0.6) is 0 Å². The van der Waals surface area contributed by atoms with Crippen molar-refractivity contribution in [3.8, 4) is 6.07 Å². The van der Waals surface area contributed by atoms with Gasteiger partial charge in [-0.15, -0.1) is 0 Å². The van der Waals surface area contributed by atoms with Crippen LogP contribution in [0.15, 0.2) is 11.8 Å². The molecule has 26 heavy (non-hydrogen) atoms. The van der Waals surface area contributed by atoms with Gasteiger partial charge < -0.3 is 15.0 Å². The fourth-order valence-electron chi connectivity index (χ4n) is 4.78. The quantitative estimate of drug-likeness (QED) is 0.387. The van der Waals surface area contributed by atoms with Crippen LogP contribution in [0.25, 0.3) is 0 Å². The van der Waals surface area contributed by atoms with Gasteiger partial charge in [-0.25, -0.2) is 0 Å². The van der Waals surface area contributed by atoms with E-state index in [-0.39, 0.29) is 16.9 Å². The van der Waals surface area contributed by atoms with E-state index >= 15 is 0 Å². The van der Waals surface area contributed by atoms with Crippen molar-refractivity contribution >= 4 is 5.91 Å². The molecule has 5 nitrogen and oxygen atoms in total. The first-order chi connectivity index (χ1) is 12.3. The first-order valence-electron chi connectivity index (χ1n) is 10.0. The summed E-state index contributed by atoms with van der Waals surface area (Å²) in [5, 5.41) is 12.3. The smallest absolute Gasteiger partial charge is 0.263 e. The van der Waals surface area contributed by atoms with Crippen molar-refractivity contribution in [2.24, 2.45) is 10.8 Å². The standard InChI is InChI=1S/C21H35N3O2/c1-5-6-9-26-10-7-8-23-19(25)17(13-22)14-24-16-21(4)12-18(24)11-20(2,3)15-21/h14,18H,5-12,15-16H2,1-4H3,(H,23,25)/b17-14-. The SMILES string of the molecule is CCCCOCCCNC(=O)/C(C#N)=C\N1CC2(C)CC1CC(C)(C)C2. The number of nitrogens with zero attached hydrogens (tertiary/aromatic N) is 2. The van der Waals surface area contributed by atoms with Crippen LogP contribution in [0.2, 0.25) is 0 Å². The molecule has 0 aromatic rings. The Morgan fingerprint density at radius 1 is 1.31 bits per heavy atom. The van der Waals surface area contributed by atoms with Crippen LogP contribution in [0.3, 0.4) is 0 Å². The molecule has 5 heteroatoms. The molecule has 1 saturated heterocycles. The summed E-state index contributed by atoms with van der Waals surface area (Å²) in [7, 11) is 0. The van der Waals surface area contributed by atoms with Crippen molar-refractivity contribution in [3.63, 3.8) is 0 Å². The Labute approximate surface area is 158 Å². The average Bonchev–Trinajstić information content (AvgIpc) is 2.79.